The molecule has 0 radical (unpaired) electrons. The summed E-state index contributed by atoms with van der Waals surface area (Å²) in [6, 6.07) is 3.29. The van der Waals surface area contributed by atoms with Crippen molar-refractivity contribution in [3.8, 4) is 0 Å². The van der Waals surface area contributed by atoms with Crippen molar-refractivity contribution in [1.82, 2.24) is 15.2 Å². The van der Waals surface area contributed by atoms with E-state index in [9.17, 15) is 14.4 Å². The Morgan fingerprint density at radius 3 is 2.67 bits per heavy atom. The molecule has 0 spiro atoms. The third-order valence-electron chi connectivity index (χ3n) is 3.58. The van der Waals surface area contributed by atoms with E-state index in [1.54, 1.807) is 18.3 Å². The number of likely N-dealkylation sites (tertiary alicyclic amines) is 1. The molecule has 0 bridgehead atoms. The van der Waals surface area contributed by atoms with Gasteiger partial charge in [0.25, 0.3) is 5.91 Å². The minimum Gasteiger partial charge on any atom is -0.469 e. The zero-order valence-electron chi connectivity index (χ0n) is 11.9. The fourth-order valence-electron chi connectivity index (χ4n) is 2.40. The van der Waals surface area contributed by atoms with Gasteiger partial charge in [0.1, 0.15) is 5.69 Å². The van der Waals surface area contributed by atoms with Crippen LogP contribution in [0.3, 0.4) is 0 Å². The van der Waals surface area contributed by atoms with Crippen LogP contribution in [0, 0.1) is 5.92 Å². The van der Waals surface area contributed by atoms with Crippen molar-refractivity contribution in [3.63, 3.8) is 0 Å². The number of carbonyl (C=O) groups is 3. The molecule has 1 aromatic rings. The Balaban J connectivity index is 1.74. The maximum atomic E-state index is 11.8. The highest BCUT2D eigenvalue weighted by Gasteiger charge is 2.26. The van der Waals surface area contributed by atoms with E-state index in [0.717, 1.165) is 0 Å². The summed E-state index contributed by atoms with van der Waals surface area (Å²) in [7, 11) is 1.38. The second-order valence-corrected chi connectivity index (χ2v) is 5.03. The van der Waals surface area contributed by atoms with Crippen LogP contribution < -0.4 is 5.32 Å². The fraction of sp³-hybridized carbons (Fsp3) is 0.500. The molecule has 1 aliphatic rings. The largest absolute Gasteiger partial charge is 0.469 e. The van der Waals surface area contributed by atoms with Crippen molar-refractivity contribution in [2.75, 3.05) is 26.7 Å². The van der Waals surface area contributed by atoms with Gasteiger partial charge in [-0.25, -0.2) is 0 Å². The molecule has 1 aromatic heterocycles. The Labute approximate surface area is 122 Å². The molecule has 1 saturated heterocycles. The van der Waals surface area contributed by atoms with Crippen LogP contribution >= 0.6 is 0 Å². The van der Waals surface area contributed by atoms with Crippen molar-refractivity contribution in [1.29, 1.82) is 0 Å². The molecule has 21 heavy (non-hydrogen) atoms. The van der Waals surface area contributed by atoms with E-state index < -0.39 is 5.91 Å². The number of methoxy groups -OCH3 is 1. The van der Waals surface area contributed by atoms with E-state index in [1.807, 2.05) is 4.90 Å². The monoisotopic (exact) mass is 293 g/mol. The van der Waals surface area contributed by atoms with E-state index in [4.69, 9.17) is 4.74 Å². The molecule has 1 aliphatic heterocycles. The topological polar surface area (TPSA) is 91.5 Å². The molecule has 0 aliphatic carbocycles. The molecular formula is C14H19N3O4. The molecule has 7 nitrogen and oxygen atoms in total. The predicted molar refractivity (Wildman–Crippen MR) is 74.4 cm³/mol. The number of imide groups is 1. The van der Waals surface area contributed by atoms with Crippen molar-refractivity contribution < 1.29 is 19.1 Å². The van der Waals surface area contributed by atoms with Crippen molar-refractivity contribution in [2.45, 2.75) is 12.8 Å². The number of piperidine rings is 1. The highest BCUT2D eigenvalue weighted by atomic mass is 16.5. The minimum atomic E-state index is -0.436. The lowest BCUT2D eigenvalue weighted by Gasteiger charge is -2.29. The lowest BCUT2D eigenvalue weighted by atomic mass is 9.97. The van der Waals surface area contributed by atoms with Gasteiger partial charge in [0.05, 0.1) is 19.6 Å². The van der Waals surface area contributed by atoms with Crippen molar-refractivity contribution in [3.05, 3.63) is 24.0 Å². The van der Waals surface area contributed by atoms with Crippen LogP contribution in [0.25, 0.3) is 0 Å². The molecule has 7 heteroatoms. The molecule has 0 atom stereocenters. The minimum absolute atomic E-state index is 0.0881. The Bertz CT molecular complexity index is 504. The van der Waals surface area contributed by atoms with E-state index in [1.165, 1.54) is 7.11 Å². The zero-order chi connectivity index (χ0) is 15.2. The van der Waals surface area contributed by atoms with Gasteiger partial charge in [0.2, 0.25) is 5.91 Å². The molecule has 0 unspecified atom stereocenters. The highest BCUT2D eigenvalue weighted by molar-refractivity contribution is 6.04. The second kappa shape index (κ2) is 7.03. The van der Waals surface area contributed by atoms with Crippen LogP contribution in [-0.2, 0) is 14.3 Å². The number of carbonyl (C=O) groups excluding carboxylic acids is 3. The predicted octanol–water partition coefficient (Wildman–Crippen LogP) is 0.156. The molecule has 2 rings (SSSR count). The third-order valence-corrected chi connectivity index (χ3v) is 3.58. The normalized spacial score (nSPS) is 16.4. The van der Waals surface area contributed by atoms with Crippen molar-refractivity contribution >= 4 is 17.8 Å². The van der Waals surface area contributed by atoms with Crippen molar-refractivity contribution in [2.24, 2.45) is 5.92 Å². The summed E-state index contributed by atoms with van der Waals surface area (Å²) in [5.41, 5.74) is 0.354. The molecular weight excluding hydrogens is 274 g/mol. The first-order valence-corrected chi connectivity index (χ1v) is 6.88. The molecule has 0 aromatic carbocycles. The number of aromatic nitrogens is 1. The molecule has 2 N–H and O–H groups in total. The summed E-state index contributed by atoms with van der Waals surface area (Å²) in [4.78, 5) is 39.6. The first kappa shape index (κ1) is 15.2. The number of esters is 1. The maximum absolute atomic E-state index is 11.8. The van der Waals surface area contributed by atoms with E-state index >= 15 is 0 Å². The van der Waals surface area contributed by atoms with Gasteiger partial charge in [-0.2, -0.15) is 0 Å². The average molecular weight is 293 g/mol. The molecule has 1 fully saturated rings. The van der Waals surface area contributed by atoms with Gasteiger partial charge in [-0.15, -0.1) is 0 Å². The molecule has 2 amide bonds. The molecule has 0 saturated carbocycles. The maximum Gasteiger partial charge on any atom is 0.308 e. The highest BCUT2D eigenvalue weighted by Crippen LogP contribution is 2.17. The van der Waals surface area contributed by atoms with E-state index in [-0.39, 0.29) is 24.3 Å². The number of nitrogens with one attached hydrogen (secondary N) is 2. The molecule has 114 valence electrons. The Hall–Kier alpha value is -2.15. The summed E-state index contributed by atoms with van der Waals surface area (Å²) in [6.07, 6.45) is 2.96. The van der Waals surface area contributed by atoms with E-state index in [0.29, 0.717) is 31.6 Å². The number of aromatic amines is 1. The number of rotatable bonds is 4. The fourth-order valence-corrected chi connectivity index (χ4v) is 2.40. The van der Waals surface area contributed by atoms with Crippen LogP contribution in [0.5, 0.6) is 0 Å². The average Bonchev–Trinajstić information content (AvgIpc) is 3.01. The lowest BCUT2D eigenvalue weighted by molar-refractivity contribution is -0.147. The number of hydrogen-bond donors (Lipinski definition) is 2. The van der Waals surface area contributed by atoms with Gasteiger partial charge in [-0.3, -0.25) is 24.6 Å². The number of amides is 2. The van der Waals surface area contributed by atoms with Gasteiger partial charge in [0, 0.05) is 6.20 Å². The second-order valence-electron chi connectivity index (χ2n) is 5.03. The first-order chi connectivity index (χ1) is 10.1. The third kappa shape index (κ3) is 4.16. The number of hydrogen-bond acceptors (Lipinski definition) is 5. The van der Waals surface area contributed by atoms with Gasteiger partial charge < -0.3 is 9.72 Å². The quantitative estimate of drug-likeness (QED) is 0.771. The Kier molecular flexibility index (Phi) is 5.10. The number of H-pyrrole nitrogens is 1. The Morgan fingerprint density at radius 1 is 1.38 bits per heavy atom. The first-order valence-electron chi connectivity index (χ1n) is 6.88. The van der Waals surface area contributed by atoms with Crippen LogP contribution in [0.15, 0.2) is 18.3 Å². The smallest absolute Gasteiger partial charge is 0.308 e. The lowest BCUT2D eigenvalue weighted by Crippen LogP contribution is -2.44. The van der Waals surface area contributed by atoms with Gasteiger partial charge >= 0.3 is 5.97 Å². The van der Waals surface area contributed by atoms with Crippen LogP contribution in [-0.4, -0.2) is 54.4 Å². The zero-order valence-corrected chi connectivity index (χ0v) is 11.9. The van der Waals surface area contributed by atoms with Crippen LogP contribution in [0.1, 0.15) is 23.3 Å². The summed E-state index contributed by atoms with van der Waals surface area (Å²) in [6.45, 7) is 1.44. The van der Waals surface area contributed by atoms with Gasteiger partial charge in [0.15, 0.2) is 0 Å². The molecule has 2 heterocycles. The summed E-state index contributed by atoms with van der Waals surface area (Å²) in [5, 5.41) is 2.33. The van der Waals surface area contributed by atoms with Gasteiger partial charge in [-0.1, -0.05) is 0 Å². The van der Waals surface area contributed by atoms with Crippen LogP contribution in [0.2, 0.25) is 0 Å². The van der Waals surface area contributed by atoms with E-state index in [2.05, 4.69) is 10.3 Å². The summed E-state index contributed by atoms with van der Waals surface area (Å²) >= 11 is 0. The number of nitrogens with zero attached hydrogens (tertiary/aromatic N) is 1. The SMILES string of the molecule is COC(=O)C1CCN(CC(=O)NC(=O)c2ccc[nH]2)CC1. The Morgan fingerprint density at radius 2 is 2.10 bits per heavy atom. The summed E-state index contributed by atoms with van der Waals surface area (Å²) in [5.74, 6) is -1.06. The summed E-state index contributed by atoms with van der Waals surface area (Å²) < 4.78 is 4.72. The van der Waals surface area contributed by atoms with Gasteiger partial charge in [-0.05, 0) is 38.1 Å². The number of ether oxygens (including phenoxy) is 1. The van der Waals surface area contributed by atoms with Crippen LogP contribution in [0.4, 0.5) is 0 Å². The standard InChI is InChI=1S/C14H19N3O4/c1-21-14(20)10-4-7-17(8-5-10)9-12(18)16-13(19)11-3-2-6-15-11/h2-3,6,10,15H,4-5,7-9H2,1H3,(H,16,18,19).